The molecule has 1 N–H and O–H groups in total. The third-order valence-electron chi connectivity index (χ3n) is 0. The summed E-state index contributed by atoms with van der Waals surface area (Å²) in [5, 5.41) is 0. The smallest absolute Gasteiger partial charge is 0.870 e. The van der Waals surface area contributed by atoms with E-state index in [1.165, 1.54) is 0 Å². The molecule has 0 aromatic carbocycles. The van der Waals surface area contributed by atoms with Crippen molar-refractivity contribution in [1.29, 1.82) is 0 Å². The van der Waals surface area contributed by atoms with Crippen molar-refractivity contribution in [2.75, 3.05) is 0 Å². The van der Waals surface area contributed by atoms with Gasteiger partial charge >= 0.3 is 17.1 Å². The Kier molecular flexibility index (Phi) is 246. The topological polar surface area (TPSA) is 30.0 Å². The van der Waals surface area contributed by atoms with E-state index in [0.29, 0.717) is 0 Å². The molecular weight excluding hydrogens is 239 g/mol. The first-order valence-corrected chi connectivity index (χ1v) is 0. The Morgan fingerprint density at radius 2 is 1.00 bits per heavy atom. The summed E-state index contributed by atoms with van der Waals surface area (Å²) in [6.07, 6.45) is 0. The third kappa shape index (κ3) is 9.35. The molecule has 4 heavy (non-hydrogen) atoms. The van der Waals surface area contributed by atoms with Gasteiger partial charge in [-0.1, -0.05) is 0 Å². The van der Waals surface area contributed by atoms with Crippen LogP contribution < -0.4 is 0 Å². The summed E-state index contributed by atoms with van der Waals surface area (Å²) < 4.78 is 0. The van der Waals surface area contributed by atoms with E-state index in [2.05, 4.69) is 0 Å². The van der Waals surface area contributed by atoms with Gasteiger partial charge in [-0.3, -0.25) is 0 Å². The van der Waals surface area contributed by atoms with E-state index in [1.54, 1.807) is 0 Å². The minimum absolute atomic E-state index is 0. The summed E-state index contributed by atoms with van der Waals surface area (Å²) >= 11 is 0. The Labute approximate surface area is 60.4 Å². The number of hydrogen-bond acceptors (Lipinski definition) is 1. The van der Waals surface area contributed by atoms with Gasteiger partial charge in [-0.05, 0) is 0 Å². The molecule has 0 aliphatic heterocycles. The van der Waals surface area contributed by atoms with E-state index in [1.807, 2.05) is 0 Å². The Morgan fingerprint density at radius 3 is 1.00 bits per heavy atom. The van der Waals surface area contributed by atoms with Gasteiger partial charge in [-0.15, -0.1) is 0 Å². The molecule has 1 nitrogen and oxygen atoms in total. The van der Waals surface area contributed by atoms with Gasteiger partial charge in [0.25, 0.3) is 0 Å². The van der Waals surface area contributed by atoms with Crippen molar-refractivity contribution in [3.8, 4) is 0 Å². The van der Waals surface area contributed by atoms with Crippen LogP contribution in [-0.4, -0.2) is 5.48 Å². The molecule has 1 radical (unpaired) electrons. The van der Waals surface area contributed by atoms with Crippen molar-refractivity contribution in [3.05, 3.63) is 0 Å². The van der Waals surface area contributed by atoms with E-state index >= 15 is 0 Å². The molecule has 0 saturated carbocycles. The Morgan fingerprint density at radius 1 is 1.00 bits per heavy atom. The minimum atomic E-state index is 0. The summed E-state index contributed by atoms with van der Waals surface area (Å²) in [5.41, 5.74) is 0. The second-order valence-electron chi connectivity index (χ2n) is 0. The summed E-state index contributed by atoms with van der Waals surface area (Å²) in [5.74, 6) is 0. The Bertz CT molecular complexity index is 6.00. The van der Waals surface area contributed by atoms with Gasteiger partial charge in [0, 0.05) is 38.1 Å². The van der Waals surface area contributed by atoms with Crippen LogP contribution in [0.4, 0.5) is 0 Å². The zero-order chi connectivity index (χ0) is 0. The van der Waals surface area contributed by atoms with Crippen LogP contribution in [0.25, 0.3) is 0 Å². The van der Waals surface area contributed by atoms with Gasteiger partial charge < -0.3 is 5.48 Å². The molecule has 0 amide bonds. The van der Waals surface area contributed by atoms with Crippen LogP contribution in [0, 0.1) is 0 Å². The second-order valence-corrected chi connectivity index (χ2v) is 0. The van der Waals surface area contributed by atoms with Crippen molar-refractivity contribution >= 4 is 0 Å². The molecule has 0 aromatic rings. The maximum absolute atomic E-state index is 0. The van der Waals surface area contributed by atoms with Gasteiger partial charge in [0.15, 0.2) is 0 Å². The molecule has 0 fully saturated rings. The van der Waals surface area contributed by atoms with Crippen LogP contribution in [0.1, 0.15) is 0 Å². The molecule has 0 unspecified atom stereocenters. The van der Waals surface area contributed by atoms with Crippen LogP contribution in [0.3, 0.4) is 0 Å². The molecule has 0 saturated heterocycles. The molecular formula is HCu2MoO. The maximum atomic E-state index is 0. The van der Waals surface area contributed by atoms with E-state index in [-0.39, 0.29) is 60.7 Å². The van der Waals surface area contributed by atoms with Gasteiger partial charge in [0.1, 0.15) is 0 Å². The Hall–Kier alpha value is 1.69. The van der Waals surface area contributed by atoms with Crippen LogP contribution in [0.15, 0.2) is 0 Å². The molecule has 0 spiro atoms. The zero-order valence-corrected chi connectivity index (χ0v) is 5.35. The molecule has 0 atom stereocenters. The van der Waals surface area contributed by atoms with Crippen molar-refractivity contribution < 1.29 is 60.7 Å². The molecule has 4 heteroatoms. The van der Waals surface area contributed by atoms with Gasteiger partial charge in [-0.25, -0.2) is 0 Å². The van der Waals surface area contributed by atoms with Crippen LogP contribution >= 0.6 is 0 Å². The standard InChI is InChI=1S/2Cu.Mo.H2O/h;;;1H2/q;+1;;/p-1. The van der Waals surface area contributed by atoms with Gasteiger partial charge in [0.05, 0.1) is 0 Å². The largest absolute Gasteiger partial charge is 1.00 e. The van der Waals surface area contributed by atoms with Crippen molar-refractivity contribution in [3.63, 3.8) is 0 Å². The third-order valence-corrected chi connectivity index (χ3v) is 0. The molecule has 0 aliphatic carbocycles. The number of hydrogen-bond donors (Lipinski definition) is 0. The van der Waals surface area contributed by atoms with E-state index in [9.17, 15) is 0 Å². The second kappa shape index (κ2) is 22.4. The fraction of sp³-hybridized carbons (Fsp3) is 0. The monoisotopic (exact) mass is 241 g/mol. The van der Waals surface area contributed by atoms with Crippen molar-refractivity contribution in [2.45, 2.75) is 0 Å². The zero-order valence-electron chi connectivity index (χ0n) is 1.46. The molecule has 35 valence electrons. The normalized spacial score (nSPS) is 0. The van der Waals surface area contributed by atoms with Gasteiger partial charge in [-0.2, -0.15) is 0 Å². The Balaban J connectivity index is 0. The molecule has 0 aromatic heterocycles. The van der Waals surface area contributed by atoms with Crippen molar-refractivity contribution in [1.82, 2.24) is 0 Å². The average Bonchev–Trinajstić information content (AvgIpc) is 0. The molecule has 0 rings (SSSR count). The summed E-state index contributed by atoms with van der Waals surface area (Å²) in [6.45, 7) is 0. The van der Waals surface area contributed by atoms with E-state index in [0.717, 1.165) is 0 Å². The first-order chi connectivity index (χ1) is 0. The average molecular weight is 240 g/mol. The predicted molar refractivity (Wildman–Crippen MR) is 1.94 cm³/mol. The first-order valence-electron chi connectivity index (χ1n) is 0. The molecule has 0 bridgehead atoms. The van der Waals surface area contributed by atoms with Crippen molar-refractivity contribution in [2.24, 2.45) is 0 Å². The number of rotatable bonds is 0. The van der Waals surface area contributed by atoms with E-state index < -0.39 is 0 Å². The fourth-order valence-electron chi connectivity index (χ4n) is 0. The predicted octanol–water partition coefficient (Wildman–Crippen LogP) is -0.184. The van der Waals surface area contributed by atoms with Crippen LogP contribution in [-0.2, 0) is 55.2 Å². The minimum Gasteiger partial charge on any atom is -0.870 e. The summed E-state index contributed by atoms with van der Waals surface area (Å²) in [7, 11) is 0. The quantitative estimate of drug-likeness (QED) is 0.540. The SMILES string of the molecule is [Cu+].[Cu].[Mo].[OH-]. The van der Waals surface area contributed by atoms with E-state index in [4.69, 9.17) is 0 Å². The summed E-state index contributed by atoms with van der Waals surface area (Å²) in [4.78, 5) is 0. The maximum Gasteiger partial charge on any atom is 1.00 e. The molecule has 0 heterocycles. The van der Waals surface area contributed by atoms with Crippen LogP contribution in [0.5, 0.6) is 0 Å². The summed E-state index contributed by atoms with van der Waals surface area (Å²) in [6, 6.07) is 0. The van der Waals surface area contributed by atoms with Crippen LogP contribution in [0.2, 0.25) is 0 Å². The first kappa shape index (κ1) is 43.9. The molecule has 0 aliphatic rings. The van der Waals surface area contributed by atoms with Gasteiger partial charge in [0.2, 0.25) is 0 Å². The fourth-order valence-corrected chi connectivity index (χ4v) is 0.